The van der Waals surface area contributed by atoms with Crippen molar-refractivity contribution in [2.45, 2.75) is 36.2 Å². The maximum atomic E-state index is 13.1. The molecular weight excluding hydrogens is 432 g/mol. The highest BCUT2D eigenvalue weighted by molar-refractivity contribution is 7.89. The summed E-state index contributed by atoms with van der Waals surface area (Å²) in [5.41, 5.74) is 7.57. The number of benzene rings is 2. The van der Waals surface area contributed by atoms with Gasteiger partial charge in [-0.2, -0.15) is 4.31 Å². The number of anilines is 1. The highest BCUT2D eigenvalue weighted by atomic mass is 32.2. The first kappa shape index (κ1) is 22.5. The Kier molecular flexibility index (Phi) is 6.66. The molecule has 172 valence electrons. The zero-order chi connectivity index (χ0) is 22.7. The normalized spacial score (nSPS) is 21.4. The first-order chi connectivity index (χ1) is 15.4. The Balaban J connectivity index is 1.48. The maximum Gasteiger partial charge on any atom is 0.246 e. The fraction of sp³-hybridized carbons (Fsp3) is 0.409. The molecule has 9 nitrogen and oxygen atoms in total. The van der Waals surface area contributed by atoms with E-state index in [9.17, 15) is 13.2 Å². The lowest BCUT2D eigenvalue weighted by Gasteiger charge is -2.19. The van der Waals surface area contributed by atoms with Gasteiger partial charge in [0.25, 0.3) is 0 Å². The van der Waals surface area contributed by atoms with Crippen molar-refractivity contribution >= 4 is 21.6 Å². The Morgan fingerprint density at radius 1 is 1.03 bits per heavy atom. The van der Waals surface area contributed by atoms with Crippen molar-refractivity contribution in [2.24, 2.45) is 0 Å². The molecule has 1 amide bonds. The zero-order valence-corrected chi connectivity index (χ0v) is 18.9. The lowest BCUT2D eigenvalue weighted by atomic mass is 10.0. The number of hydrogen-bond donors (Lipinski definition) is 3. The van der Waals surface area contributed by atoms with Crippen molar-refractivity contribution in [3.63, 3.8) is 0 Å². The number of nitrogens with one attached hydrogen (secondary N) is 3. The minimum Gasteiger partial charge on any atom is -0.497 e. The highest BCUT2D eigenvalue weighted by Crippen LogP contribution is 2.33. The highest BCUT2D eigenvalue weighted by Gasteiger charge is 2.34. The second-order valence-corrected chi connectivity index (χ2v) is 9.78. The molecule has 3 N–H and O–H groups in total. The zero-order valence-electron chi connectivity index (χ0n) is 18.1. The van der Waals surface area contributed by atoms with Gasteiger partial charge in [-0.1, -0.05) is 6.07 Å². The standard InChI is InChI=1S/C22H28N4O5S/c1-30-17-8-6-16(7-9-17)23-22(27)19-14-18(24-25-19)15-5-10-20(31-2)21(13-15)32(28,29)26-11-3-4-12-26/h5-10,13,18-19,24-25H,3-4,11-12,14H2,1-2H3,(H,23,27). The van der Waals surface area contributed by atoms with E-state index in [-0.39, 0.29) is 16.8 Å². The number of ether oxygens (including phenoxy) is 2. The van der Waals surface area contributed by atoms with E-state index in [1.54, 1.807) is 43.5 Å². The molecule has 2 heterocycles. The molecule has 32 heavy (non-hydrogen) atoms. The predicted molar refractivity (Wildman–Crippen MR) is 120 cm³/mol. The first-order valence-electron chi connectivity index (χ1n) is 10.6. The van der Waals surface area contributed by atoms with Crippen LogP contribution in [0.1, 0.15) is 30.9 Å². The molecule has 0 aliphatic carbocycles. The van der Waals surface area contributed by atoms with Crippen LogP contribution < -0.4 is 25.6 Å². The Bertz CT molecular complexity index is 1070. The Labute approximate surface area is 188 Å². The van der Waals surface area contributed by atoms with E-state index in [2.05, 4.69) is 16.2 Å². The van der Waals surface area contributed by atoms with Crippen molar-refractivity contribution in [3.05, 3.63) is 48.0 Å². The summed E-state index contributed by atoms with van der Waals surface area (Å²) >= 11 is 0. The molecular formula is C22H28N4O5S. The van der Waals surface area contributed by atoms with Crippen LogP contribution in [0.2, 0.25) is 0 Å². The molecule has 2 aromatic rings. The number of nitrogens with zero attached hydrogens (tertiary/aromatic N) is 1. The van der Waals surface area contributed by atoms with Crippen molar-refractivity contribution < 1.29 is 22.7 Å². The van der Waals surface area contributed by atoms with Crippen molar-refractivity contribution in [3.8, 4) is 11.5 Å². The topological polar surface area (TPSA) is 109 Å². The Hall–Kier alpha value is -2.66. The fourth-order valence-electron chi connectivity index (χ4n) is 4.03. The van der Waals surface area contributed by atoms with Crippen LogP contribution in [0, 0.1) is 0 Å². The molecule has 0 bridgehead atoms. The average Bonchev–Trinajstić information content (AvgIpc) is 3.52. The number of carbonyl (C=O) groups is 1. The number of hydrogen-bond acceptors (Lipinski definition) is 7. The van der Waals surface area contributed by atoms with Crippen LogP contribution in [-0.4, -0.2) is 52.0 Å². The van der Waals surface area contributed by atoms with Crippen molar-refractivity contribution in [1.29, 1.82) is 0 Å². The summed E-state index contributed by atoms with van der Waals surface area (Å²) in [6.07, 6.45) is 2.19. The summed E-state index contributed by atoms with van der Waals surface area (Å²) in [7, 11) is -0.588. The van der Waals surface area contributed by atoms with Gasteiger partial charge in [-0.05, 0) is 61.2 Å². The van der Waals surface area contributed by atoms with Crippen molar-refractivity contribution in [2.75, 3.05) is 32.6 Å². The van der Waals surface area contributed by atoms with Crippen LogP contribution in [-0.2, 0) is 14.8 Å². The van der Waals surface area contributed by atoms with Gasteiger partial charge in [0.05, 0.1) is 14.2 Å². The molecule has 0 spiro atoms. The molecule has 0 aromatic heterocycles. The molecule has 10 heteroatoms. The molecule has 2 aliphatic heterocycles. The van der Waals surface area contributed by atoms with Gasteiger partial charge >= 0.3 is 0 Å². The quantitative estimate of drug-likeness (QED) is 0.580. The SMILES string of the molecule is COc1ccc(NC(=O)C2CC(c3ccc(OC)c(S(=O)(=O)N4CCCC4)c3)NN2)cc1. The van der Waals surface area contributed by atoms with Gasteiger partial charge < -0.3 is 14.8 Å². The van der Waals surface area contributed by atoms with E-state index in [0.717, 1.165) is 18.4 Å². The van der Waals surface area contributed by atoms with E-state index in [1.807, 2.05) is 6.07 Å². The van der Waals surface area contributed by atoms with Gasteiger partial charge in [-0.3, -0.25) is 4.79 Å². The van der Waals surface area contributed by atoms with Gasteiger partial charge in [-0.15, -0.1) is 0 Å². The molecule has 2 aliphatic rings. The minimum absolute atomic E-state index is 0.160. The summed E-state index contributed by atoms with van der Waals surface area (Å²) in [5.74, 6) is 0.854. The second-order valence-electron chi connectivity index (χ2n) is 7.87. The van der Waals surface area contributed by atoms with Crippen LogP contribution in [0.15, 0.2) is 47.4 Å². The van der Waals surface area contributed by atoms with Crippen LogP contribution in [0.4, 0.5) is 5.69 Å². The molecule has 2 aromatic carbocycles. The molecule has 2 saturated heterocycles. The maximum absolute atomic E-state index is 13.1. The van der Waals surface area contributed by atoms with E-state index < -0.39 is 16.1 Å². The number of carbonyl (C=O) groups excluding carboxylic acids is 1. The first-order valence-corrected chi connectivity index (χ1v) is 12.0. The van der Waals surface area contributed by atoms with Crippen LogP contribution in [0.5, 0.6) is 11.5 Å². The minimum atomic E-state index is -3.64. The van der Waals surface area contributed by atoms with Crippen LogP contribution in [0.3, 0.4) is 0 Å². The average molecular weight is 461 g/mol. The summed E-state index contributed by atoms with van der Waals surface area (Å²) in [5, 5.41) is 2.88. The number of methoxy groups -OCH3 is 2. The molecule has 2 unspecified atom stereocenters. The van der Waals surface area contributed by atoms with Gasteiger partial charge in [0.15, 0.2) is 0 Å². The second kappa shape index (κ2) is 9.45. The number of sulfonamides is 1. The smallest absolute Gasteiger partial charge is 0.246 e. The largest absolute Gasteiger partial charge is 0.497 e. The lowest BCUT2D eigenvalue weighted by molar-refractivity contribution is -0.117. The monoisotopic (exact) mass is 460 g/mol. The van der Waals surface area contributed by atoms with Gasteiger partial charge in [0, 0.05) is 24.8 Å². The molecule has 4 rings (SSSR count). The van der Waals surface area contributed by atoms with Gasteiger partial charge in [0.2, 0.25) is 15.9 Å². The third kappa shape index (κ3) is 4.58. The Morgan fingerprint density at radius 3 is 2.41 bits per heavy atom. The van der Waals surface area contributed by atoms with Crippen molar-refractivity contribution in [1.82, 2.24) is 15.2 Å². The van der Waals surface area contributed by atoms with E-state index in [1.165, 1.54) is 11.4 Å². The van der Waals surface area contributed by atoms with Gasteiger partial charge in [0.1, 0.15) is 22.4 Å². The number of hydrazine groups is 1. The van der Waals surface area contributed by atoms with Gasteiger partial charge in [-0.25, -0.2) is 19.3 Å². The summed E-state index contributed by atoms with van der Waals surface area (Å²) in [4.78, 5) is 12.8. The van der Waals surface area contributed by atoms with E-state index >= 15 is 0 Å². The molecule has 0 radical (unpaired) electrons. The summed E-state index contributed by atoms with van der Waals surface area (Å²) < 4.78 is 38.2. The fourth-order valence-corrected chi connectivity index (χ4v) is 5.74. The Morgan fingerprint density at radius 2 is 1.75 bits per heavy atom. The number of amides is 1. The lowest BCUT2D eigenvalue weighted by Crippen LogP contribution is -2.39. The molecule has 2 atom stereocenters. The third-order valence-corrected chi connectivity index (χ3v) is 7.77. The summed E-state index contributed by atoms with van der Waals surface area (Å²) in [6.45, 7) is 1.04. The van der Waals surface area contributed by atoms with Crippen LogP contribution in [0.25, 0.3) is 0 Å². The van der Waals surface area contributed by atoms with Crippen LogP contribution >= 0.6 is 0 Å². The third-order valence-electron chi connectivity index (χ3n) is 5.85. The molecule has 2 fully saturated rings. The predicted octanol–water partition coefficient (Wildman–Crippen LogP) is 2.03. The van der Waals surface area contributed by atoms with E-state index in [4.69, 9.17) is 9.47 Å². The summed E-state index contributed by atoms with van der Waals surface area (Å²) in [6, 6.07) is 11.6. The van der Waals surface area contributed by atoms with E-state index in [0.29, 0.717) is 36.7 Å². The number of rotatable bonds is 7. The molecule has 0 saturated carbocycles.